The Morgan fingerprint density at radius 2 is 1.80 bits per heavy atom. The summed E-state index contributed by atoms with van der Waals surface area (Å²) in [5.74, 6) is 3.23. The molecule has 20 heavy (non-hydrogen) atoms. The molecule has 5 nitrogen and oxygen atoms in total. The number of rotatable bonds is 3. The van der Waals surface area contributed by atoms with Gasteiger partial charge in [0.25, 0.3) is 0 Å². The van der Waals surface area contributed by atoms with Crippen molar-refractivity contribution in [1.29, 1.82) is 0 Å². The summed E-state index contributed by atoms with van der Waals surface area (Å²) in [7, 11) is 1.81. The quantitative estimate of drug-likeness (QED) is 0.917. The SMILES string of the molecule is Cn1nnc(C(=O)O)c1CC1C2CC3CC(C2)CC1C3. The summed E-state index contributed by atoms with van der Waals surface area (Å²) in [5.41, 5.74) is 0.969. The minimum atomic E-state index is -0.947. The second-order valence-electron chi connectivity index (χ2n) is 7.11. The van der Waals surface area contributed by atoms with Gasteiger partial charge in [-0.1, -0.05) is 5.21 Å². The third-order valence-electron chi connectivity index (χ3n) is 6.00. The Balaban J connectivity index is 1.60. The first-order valence-electron chi connectivity index (χ1n) is 7.73. The van der Waals surface area contributed by atoms with E-state index in [-0.39, 0.29) is 5.69 Å². The molecule has 4 saturated carbocycles. The Hall–Kier alpha value is -1.39. The van der Waals surface area contributed by atoms with Crippen LogP contribution in [0.1, 0.15) is 48.3 Å². The monoisotopic (exact) mass is 275 g/mol. The molecule has 1 aromatic heterocycles. The first-order chi connectivity index (χ1) is 9.61. The molecule has 5 heteroatoms. The zero-order chi connectivity index (χ0) is 13.9. The summed E-state index contributed by atoms with van der Waals surface area (Å²) in [6.07, 6.45) is 7.76. The highest BCUT2D eigenvalue weighted by molar-refractivity contribution is 5.86. The van der Waals surface area contributed by atoms with Crippen molar-refractivity contribution in [2.75, 3.05) is 0 Å². The van der Waals surface area contributed by atoms with Crippen LogP contribution in [0.5, 0.6) is 0 Å². The average molecular weight is 275 g/mol. The van der Waals surface area contributed by atoms with E-state index in [0.717, 1.165) is 35.8 Å². The van der Waals surface area contributed by atoms with Gasteiger partial charge in [0.2, 0.25) is 0 Å². The van der Waals surface area contributed by atoms with Gasteiger partial charge in [-0.2, -0.15) is 0 Å². The number of aromatic nitrogens is 3. The lowest BCUT2D eigenvalue weighted by molar-refractivity contribution is -0.0367. The molecule has 4 aliphatic rings. The van der Waals surface area contributed by atoms with E-state index in [1.807, 2.05) is 7.05 Å². The fourth-order valence-corrected chi connectivity index (χ4v) is 5.37. The van der Waals surface area contributed by atoms with Gasteiger partial charge in [-0.3, -0.25) is 4.68 Å². The molecule has 1 aromatic rings. The zero-order valence-corrected chi connectivity index (χ0v) is 11.8. The van der Waals surface area contributed by atoms with Crippen molar-refractivity contribution in [2.45, 2.75) is 38.5 Å². The van der Waals surface area contributed by atoms with E-state index in [0.29, 0.717) is 5.92 Å². The second-order valence-corrected chi connectivity index (χ2v) is 7.11. The van der Waals surface area contributed by atoms with Gasteiger partial charge < -0.3 is 5.11 Å². The maximum atomic E-state index is 11.3. The number of carboxylic acid groups (broad SMARTS) is 1. The molecule has 0 amide bonds. The summed E-state index contributed by atoms with van der Waals surface area (Å²) >= 11 is 0. The number of aryl methyl sites for hydroxylation is 1. The number of nitrogens with zero attached hydrogens (tertiary/aromatic N) is 3. The fraction of sp³-hybridized carbons (Fsp3) is 0.800. The molecule has 1 heterocycles. The molecule has 0 radical (unpaired) electrons. The summed E-state index contributed by atoms with van der Waals surface area (Å²) in [5, 5.41) is 17.0. The summed E-state index contributed by atoms with van der Waals surface area (Å²) in [4.78, 5) is 11.3. The van der Waals surface area contributed by atoms with Crippen LogP contribution >= 0.6 is 0 Å². The predicted molar refractivity (Wildman–Crippen MR) is 72.2 cm³/mol. The molecule has 0 unspecified atom stereocenters. The lowest BCUT2D eigenvalue weighted by Gasteiger charge is -2.54. The van der Waals surface area contributed by atoms with Gasteiger partial charge in [0.05, 0.1) is 5.69 Å². The predicted octanol–water partition coefficient (Wildman–Crippen LogP) is 2.13. The van der Waals surface area contributed by atoms with Crippen molar-refractivity contribution in [3.05, 3.63) is 11.4 Å². The molecule has 0 aromatic carbocycles. The Bertz CT molecular complexity index is 523. The maximum Gasteiger partial charge on any atom is 0.358 e. The van der Waals surface area contributed by atoms with Crippen LogP contribution in [0.2, 0.25) is 0 Å². The van der Waals surface area contributed by atoms with Gasteiger partial charge in [0, 0.05) is 7.05 Å². The van der Waals surface area contributed by atoms with Gasteiger partial charge in [0.1, 0.15) is 0 Å². The van der Waals surface area contributed by atoms with Crippen LogP contribution in [0.15, 0.2) is 0 Å². The van der Waals surface area contributed by atoms with E-state index < -0.39 is 5.97 Å². The van der Waals surface area contributed by atoms with Crippen molar-refractivity contribution in [1.82, 2.24) is 15.0 Å². The highest BCUT2D eigenvalue weighted by Gasteiger charge is 2.48. The van der Waals surface area contributed by atoms with Crippen molar-refractivity contribution in [2.24, 2.45) is 36.6 Å². The van der Waals surface area contributed by atoms with Crippen LogP contribution in [0.3, 0.4) is 0 Å². The number of aromatic carboxylic acids is 1. The molecular formula is C15H21N3O2. The molecular weight excluding hydrogens is 254 g/mol. The van der Waals surface area contributed by atoms with Gasteiger partial charge in [-0.25, -0.2) is 4.79 Å². The van der Waals surface area contributed by atoms with Gasteiger partial charge in [0.15, 0.2) is 5.69 Å². The smallest absolute Gasteiger partial charge is 0.358 e. The van der Waals surface area contributed by atoms with Crippen molar-refractivity contribution < 1.29 is 9.90 Å². The van der Waals surface area contributed by atoms with E-state index in [1.54, 1.807) is 4.68 Å². The number of hydrogen-bond acceptors (Lipinski definition) is 3. The lowest BCUT2D eigenvalue weighted by Crippen LogP contribution is -2.46. The van der Waals surface area contributed by atoms with Gasteiger partial charge in [-0.05, 0) is 68.1 Å². The lowest BCUT2D eigenvalue weighted by atomic mass is 9.51. The Morgan fingerprint density at radius 3 is 2.35 bits per heavy atom. The Labute approximate surface area is 118 Å². The average Bonchev–Trinajstić information content (AvgIpc) is 2.74. The molecule has 108 valence electrons. The fourth-order valence-electron chi connectivity index (χ4n) is 5.37. The largest absolute Gasteiger partial charge is 0.476 e. The minimum Gasteiger partial charge on any atom is -0.476 e. The first kappa shape index (κ1) is 12.4. The van der Waals surface area contributed by atoms with Crippen LogP contribution in [-0.4, -0.2) is 26.1 Å². The number of carbonyl (C=O) groups is 1. The molecule has 5 rings (SSSR count). The van der Waals surface area contributed by atoms with Crippen LogP contribution in [0.4, 0.5) is 0 Å². The van der Waals surface area contributed by atoms with E-state index in [9.17, 15) is 9.90 Å². The van der Waals surface area contributed by atoms with Crippen molar-refractivity contribution in [3.8, 4) is 0 Å². The van der Waals surface area contributed by atoms with Crippen LogP contribution in [0, 0.1) is 29.6 Å². The molecule has 0 saturated heterocycles. The molecule has 0 aliphatic heterocycles. The highest BCUT2D eigenvalue weighted by atomic mass is 16.4. The van der Waals surface area contributed by atoms with Crippen LogP contribution in [-0.2, 0) is 13.5 Å². The molecule has 4 aliphatic carbocycles. The van der Waals surface area contributed by atoms with E-state index in [4.69, 9.17) is 0 Å². The third kappa shape index (κ3) is 1.79. The molecule has 4 fully saturated rings. The van der Waals surface area contributed by atoms with Crippen LogP contribution in [0.25, 0.3) is 0 Å². The van der Waals surface area contributed by atoms with Gasteiger partial charge in [-0.15, -0.1) is 5.10 Å². The standard InChI is InChI=1S/C15H21N3O2/c1-18-13(14(15(19)20)16-17-18)7-12-10-3-8-2-9(5-10)6-11(12)4-8/h8-12H,2-7H2,1H3,(H,19,20). The van der Waals surface area contributed by atoms with Crippen LogP contribution < -0.4 is 0 Å². The van der Waals surface area contributed by atoms with Crippen molar-refractivity contribution >= 4 is 5.97 Å². The second kappa shape index (κ2) is 4.30. The molecule has 0 atom stereocenters. The molecule has 0 spiro atoms. The Morgan fingerprint density at radius 1 is 1.20 bits per heavy atom. The summed E-state index contributed by atoms with van der Waals surface area (Å²) in [6, 6.07) is 0. The van der Waals surface area contributed by atoms with E-state index >= 15 is 0 Å². The number of carboxylic acids is 1. The Kier molecular flexibility index (Phi) is 2.66. The number of hydrogen-bond donors (Lipinski definition) is 1. The highest BCUT2D eigenvalue weighted by Crippen LogP contribution is 2.57. The third-order valence-corrected chi connectivity index (χ3v) is 6.00. The summed E-state index contributed by atoms with van der Waals surface area (Å²) < 4.78 is 1.66. The van der Waals surface area contributed by atoms with Crippen molar-refractivity contribution in [3.63, 3.8) is 0 Å². The maximum absolute atomic E-state index is 11.3. The first-order valence-corrected chi connectivity index (χ1v) is 7.73. The molecule has 4 bridgehead atoms. The van der Waals surface area contributed by atoms with E-state index in [1.165, 1.54) is 32.1 Å². The van der Waals surface area contributed by atoms with E-state index in [2.05, 4.69) is 10.3 Å². The minimum absolute atomic E-state index is 0.154. The van der Waals surface area contributed by atoms with Gasteiger partial charge >= 0.3 is 5.97 Å². The summed E-state index contributed by atoms with van der Waals surface area (Å²) in [6.45, 7) is 0. The normalized spacial score (nSPS) is 38.4. The molecule has 1 N–H and O–H groups in total. The topological polar surface area (TPSA) is 68.0 Å². The zero-order valence-electron chi connectivity index (χ0n) is 11.8.